The molecule has 16 heavy (non-hydrogen) atoms. The van der Waals surface area contributed by atoms with Crippen molar-refractivity contribution in [2.45, 2.75) is 31.8 Å². The van der Waals surface area contributed by atoms with Crippen LogP contribution in [0.5, 0.6) is 0 Å². The molecule has 2 heterocycles. The molecule has 1 saturated carbocycles. The fourth-order valence-electron chi connectivity index (χ4n) is 2.33. The van der Waals surface area contributed by atoms with Crippen LogP contribution in [0.2, 0.25) is 0 Å². The first-order chi connectivity index (χ1) is 7.92. The van der Waals surface area contributed by atoms with Gasteiger partial charge >= 0.3 is 0 Å². The lowest BCUT2D eigenvalue weighted by Gasteiger charge is -2.30. The van der Waals surface area contributed by atoms with Crippen LogP contribution in [-0.2, 0) is 6.54 Å². The molecule has 0 aromatic carbocycles. The Morgan fingerprint density at radius 1 is 1.38 bits per heavy atom. The van der Waals surface area contributed by atoms with Gasteiger partial charge in [-0.1, -0.05) is 6.07 Å². The van der Waals surface area contributed by atoms with Crippen LogP contribution in [0.4, 0.5) is 0 Å². The van der Waals surface area contributed by atoms with Crippen molar-refractivity contribution < 1.29 is 0 Å². The second-order valence-corrected chi connectivity index (χ2v) is 6.13. The number of hydrogen-bond donors (Lipinski definition) is 1. The Morgan fingerprint density at radius 2 is 2.25 bits per heavy atom. The van der Waals surface area contributed by atoms with Crippen molar-refractivity contribution in [3.05, 3.63) is 22.4 Å². The van der Waals surface area contributed by atoms with Crippen molar-refractivity contribution in [3.63, 3.8) is 0 Å². The minimum atomic E-state index is 0.898. The van der Waals surface area contributed by atoms with Crippen LogP contribution in [-0.4, -0.2) is 30.6 Å². The smallest absolute Gasteiger partial charge is 0.0330 e. The highest BCUT2D eigenvalue weighted by molar-refractivity contribution is 7.09. The summed E-state index contributed by atoms with van der Waals surface area (Å²) in [6.07, 6.45) is 4.23. The molecule has 0 bridgehead atoms. The molecule has 0 amide bonds. The van der Waals surface area contributed by atoms with E-state index in [-0.39, 0.29) is 0 Å². The molecule has 3 heteroatoms. The van der Waals surface area contributed by atoms with Crippen LogP contribution in [0.15, 0.2) is 17.5 Å². The molecule has 88 valence electrons. The lowest BCUT2D eigenvalue weighted by molar-refractivity contribution is 0.213. The molecular weight excluding hydrogens is 216 g/mol. The van der Waals surface area contributed by atoms with E-state index in [1.54, 1.807) is 0 Å². The van der Waals surface area contributed by atoms with Gasteiger partial charge in [-0.3, -0.25) is 4.90 Å². The first-order valence-corrected chi connectivity index (χ1v) is 7.27. The Bertz CT molecular complexity index is 315. The standard InChI is InChI=1S/C13H20N2S/c1-2-13(16-7-1)10-15(12-3-4-12)6-5-11-8-14-9-11/h1-2,7,11-12,14H,3-6,8-10H2. The zero-order valence-corrected chi connectivity index (χ0v) is 10.5. The molecular formula is C13H20N2S. The highest BCUT2D eigenvalue weighted by Crippen LogP contribution is 2.29. The predicted molar refractivity (Wildman–Crippen MR) is 68.7 cm³/mol. The lowest BCUT2D eigenvalue weighted by atomic mass is 9.99. The van der Waals surface area contributed by atoms with Crippen molar-refractivity contribution in [1.82, 2.24) is 10.2 Å². The average molecular weight is 236 g/mol. The van der Waals surface area contributed by atoms with E-state index in [9.17, 15) is 0 Å². The van der Waals surface area contributed by atoms with Gasteiger partial charge in [-0.15, -0.1) is 11.3 Å². The Balaban J connectivity index is 1.50. The number of thiophene rings is 1. The molecule has 0 atom stereocenters. The molecule has 1 saturated heterocycles. The quantitative estimate of drug-likeness (QED) is 0.815. The van der Waals surface area contributed by atoms with E-state index in [1.807, 2.05) is 11.3 Å². The summed E-state index contributed by atoms with van der Waals surface area (Å²) in [7, 11) is 0. The van der Waals surface area contributed by atoms with Crippen molar-refractivity contribution in [3.8, 4) is 0 Å². The Morgan fingerprint density at radius 3 is 2.81 bits per heavy atom. The summed E-state index contributed by atoms with van der Waals surface area (Å²) < 4.78 is 0. The lowest BCUT2D eigenvalue weighted by Crippen LogP contribution is -2.43. The van der Waals surface area contributed by atoms with E-state index in [1.165, 1.54) is 50.3 Å². The van der Waals surface area contributed by atoms with E-state index in [2.05, 4.69) is 27.7 Å². The van der Waals surface area contributed by atoms with Crippen LogP contribution in [0.1, 0.15) is 24.1 Å². The molecule has 2 nitrogen and oxygen atoms in total. The van der Waals surface area contributed by atoms with Crippen LogP contribution in [0.25, 0.3) is 0 Å². The molecule has 1 aliphatic heterocycles. The third-order valence-corrected chi connectivity index (χ3v) is 4.55. The summed E-state index contributed by atoms with van der Waals surface area (Å²) in [5.74, 6) is 0.949. The molecule has 0 radical (unpaired) electrons. The van der Waals surface area contributed by atoms with Gasteiger partial charge in [-0.25, -0.2) is 0 Å². The van der Waals surface area contributed by atoms with Gasteiger partial charge in [-0.05, 0) is 56.3 Å². The van der Waals surface area contributed by atoms with Gasteiger partial charge in [0.05, 0.1) is 0 Å². The fourth-order valence-corrected chi connectivity index (χ4v) is 3.06. The minimum absolute atomic E-state index is 0.898. The number of nitrogens with zero attached hydrogens (tertiary/aromatic N) is 1. The highest BCUT2D eigenvalue weighted by atomic mass is 32.1. The van der Waals surface area contributed by atoms with Crippen LogP contribution in [0, 0.1) is 5.92 Å². The Hall–Kier alpha value is -0.380. The monoisotopic (exact) mass is 236 g/mol. The van der Waals surface area contributed by atoms with E-state index in [0.29, 0.717) is 0 Å². The normalized spacial score (nSPS) is 21.3. The van der Waals surface area contributed by atoms with Crippen molar-refractivity contribution in [2.75, 3.05) is 19.6 Å². The van der Waals surface area contributed by atoms with Crippen molar-refractivity contribution >= 4 is 11.3 Å². The Labute approximate surface area is 102 Å². The van der Waals surface area contributed by atoms with Gasteiger partial charge in [0, 0.05) is 17.5 Å². The molecule has 1 aromatic heterocycles. The van der Waals surface area contributed by atoms with Crippen molar-refractivity contribution in [1.29, 1.82) is 0 Å². The molecule has 3 rings (SSSR count). The Kier molecular flexibility index (Phi) is 3.27. The third-order valence-electron chi connectivity index (χ3n) is 3.69. The van der Waals surface area contributed by atoms with Gasteiger partial charge < -0.3 is 5.32 Å². The van der Waals surface area contributed by atoms with E-state index >= 15 is 0 Å². The van der Waals surface area contributed by atoms with Gasteiger partial charge in [0.1, 0.15) is 0 Å². The molecule has 0 unspecified atom stereocenters. The van der Waals surface area contributed by atoms with Crippen LogP contribution < -0.4 is 5.32 Å². The first-order valence-electron chi connectivity index (χ1n) is 6.39. The zero-order chi connectivity index (χ0) is 10.8. The molecule has 2 aliphatic rings. The predicted octanol–water partition coefficient (Wildman–Crippen LogP) is 2.32. The van der Waals surface area contributed by atoms with Crippen LogP contribution in [0.3, 0.4) is 0 Å². The number of hydrogen-bond acceptors (Lipinski definition) is 3. The molecule has 2 fully saturated rings. The van der Waals surface area contributed by atoms with Gasteiger partial charge in [0.25, 0.3) is 0 Å². The number of nitrogens with one attached hydrogen (secondary N) is 1. The molecule has 1 N–H and O–H groups in total. The maximum absolute atomic E-state index is 3.36. The second kappa shape index (κ2) is 4.86. The summed E-state index contributed by atoms with van der Waals surface area (Å²) >= 11 is 1.90. The second-order valence-electron chi connectivity index (χ2n) is 5.09. The fraction of sp³-hybridized carbons (Fsp3) is 0.692. The number of rotatable bonds is 6. The molecule has 0 spiro atoms. The SMILES string of the molecule is c1csc(CN(CCC2CNC2)C2CC2)c1. The minimum Gasteiger partial charge on any atom is -0.316 e. The van der Waals surface area contributed by atoms with E-state index in [4.69, 9.17) is 0 Å². The highest BCUT2D eigenvalue weighted by Gasteiger charge is 2.29. The summed E-state index contributed by atoms with van der Waals surface area (Å²) in [6, 6.07) is 5.33. The zero-order valence-electron chi connectivity index (χ0n) is 9.69. The maximum atomic E-state index is 3.36. The topological polar surface area (TPSA) is 15.3 Å². The maximum Gasteiger partial charge on any atom is 0.0330 e. The first kappa shape index (κ1) is 10.8. The van der Waals surface area contributed by atoms with Crippen LogP contribution >= 0.6 is 11.3 Å². The molecule has 1 aliphatic carbocycles. The van der Waals surface area contributed by atoms with E-state index in [0.717, 1.165) is 12.0 Å². The average Bonchev–Trinajstić information content (AvgIpc) is 2.94. The van der Waals surface area contributed by atoms with Gasteiger partial charge in [0.2, 0.25) is 0 Å². The summed E-state index contributed by atoms with van der Waals surface area (Å²) in [5, 5.41) is 5.55. The van der Waals surface area contributed by atoms with Gasteiger partial charge in [-0.2, -0.15) is 0 Å². The molecule has 1 aromatic rings. The third kappa shape index (κ3) is 2.65. The summed E-state index contributed by atoms with van der Waals surface area (Å²) in [4.78, 5) is 4.23. The van der Waals surface area contributed by atoms with Gasteiger partial charge in [0.15, 0.2) is 0 Å². The summed E-state index contributed by atoms with van der Waals surface area (Å²) in [5.41, 5.74) is 0. The van der Waals surface area contributed by atoms with E-state index < -0.39 is 0 Å². The van der Waals surface area contributed by atoms with Crippen molar-refractivity contribution in [2.24, 2.45) is 5.92 Å². The summed E-state index contributed by atoms with van der Waals surface area (Å²) in [6.45, 7) is 4.98. The largest absolute Gasteiger partial charge is 0.316 e.